The molecule has 0 atom stereocenters. The second kappa shape index (κ2) is 5.64. The van der Waals surface area contributed by atoms with Crippen LogP contribution in [0.5, 0.6) is 0 Å². The SMILES string of the molecule is N#Cc1ccsc1-c1nc(Cc2ccc(F)cc2Cl)no1. The zero-order valence-corrected chi connectivity index (χ0v) is 12.1. The third kappa shape index (κ3) is 2.79. The summed E-state index contributed by atoms with van der Waals surface area (Å²) in [6, 6.07) is 7.92. The van der Waals surface area contributed by atoms with Crippen molar-refractivity contribution in [3.8, 4) is 16.8 Å². The van der Waals surface area contributed by atoms with Crippen LogP contribution in [0.15, 0.2) is 34.2 Å². The molecule has 0 saturated carbocycles. The third-order valence-electron chi connectivity index (χ3n) is 2.81. The number of benzene rings is 1. The van der Waals surface area contributed by atoms with Crippen molar-refractivity contribution in [2.45, 2.75) is 6.42 Å². The Hall–Kier alpha value is -2.23. The molecule has 0 radical (unpaired) electrons. The molecule has 0 spiro atoms. The van der Waals surface area contributed by atoms with Crippen molar-refractivity contribution < 1.29 is 8.91 Å². The molecule has 2 heterocycles. The highest BCUT2D eigenvalue weighted by Crippen LogP contribution is 2.28. The largest absolute Gasteiger partial charge is 0.333 e. The number of nitriles is 1. The van der Waals surface area contributed by atoms with Crippen LogP contribution in [0.25, 0.3) is 10.8 Å². The van der Waals surface area contributed by atoms with Gasteiger partial charge in [0, 0.05) is 11.4 Å². The van der Waals surface area contributed by atoms with Gasteiger partial charge in [-0.15, -0.1) is 11.3 Å². The van der Waals surface area contributed by atoms with Crippen LogP contribution in [0, 0.1) is 17.1 Å². The normalized spacial score (nSPS) is 10.5. The van der Waals surface area contributed by atoms with Gasteiger partial charge in [0.05, 0.1) is 5.56 Å². The number of aromatic nitrogens is 2. The van der Waals surface area contributed by atoms with E-state index in [-0.39, 0.29) is 0 Å². The second-order valence-electron chi connectivity index (χ2n) is 4.20. The highest BCUT2D eigenvalue weighted by Gasteiger charge is 2.15. The van der Waals surface area contributed by atoms with Gasteiger partial charge in [0.25, 0.3) is 5.89 Å². The molecule has 104 valence electrons. The number of hydrogen-bond acceptors (Lipinski definition) is 5. The molecule has 21 heavy (non-hydrogen) atoms. The van der Waals surface area contributed by atoms with Gasteiger partial charge >= 0.3 is 0 Å². The van der Waals surface area contributed by atoms with E-state index in [0.717, 1.165) is 0 Å². The highest BCUT2D eigenvalue weighted by molar-refractivity contribution is 7.13. The minimum absolute atomic E-state index is 0.301. The van der Waals surface area contributed by atoms with Crippen LogP contribution in [-0.2, 0) is 6.42 Å². The third-order valence-corrected chi connectivity index (χ3v) is 4.07. The lowest BCUT2D eigenvalue weighted by molar-refractivity contribution is 0.424. The van der Waals surface area contributed by atoms with Gasteiger partial charge in [-0.2, -0.15) is 10.2 Å². The van der Waals surface area contributed by atoms with E-state index in [2.05, 4.69) is 16.2 Å². The van der Waals surface area contributed by atoms with E-state index in [9.17, 15) is 4.39 Å². The molecule has 0 N–H and O–H groups in total. The highest BCUT2D eigenvalue weighted by atomic mass is 35.5. The zero-order valence-electron chi connectivity index (χ0n) is 10.5. The fraction of sp³-hybridized carbons (Fsp3) is 0.0714. The monoisotopic (exact) mass is 319 g/mol. The van der Waals surface area contributed by atoms with Crippen LogP contribution in [0.1, 0.15) is 17.0 Å². The quantitative estimate of drug-likeness (QED) is 0.730. The predicted octanol–water partition coefficient (Wildman–Crippen LogP) is 4.05. The summed E-state index contributed by atoms with van der Waals surface area (Å²) in [7, 11) is 0. The molecule has 0 saturated heterocycles. The number of rotatable bonds is 3. The Kier molecular flexibility index (Phi) is 3.69. The predicted molar refractivity (Wildman–Crippen MR) is 76.5 cm³/mol. The van der Waals surface area contributed by atoms with Gasteiger partial charge in [-0.25, -0.2) is 4.39 Å². The van der Waals surface area contributed by atoms with Crippen molar-refractivity contribution >= 4 is 22.9 Å². The molecular weight excluding hydrogens is 313 g/mol. The zero-order chi connectivity index (χ0) is 14.8. The first-order valence-electron chi connectivity index (χ1n) is 5.92. The molecule has 0 aliphatic rings. The molecule has 0 unspecified atom stereocenters. The minimum atomic E-state index is -0.394. The Labute approximate surface area is 128 Å². The Morgan fingerprint density at radius 1 is 1.38 bits per heavy atom. The van der Waals surface area contributed by atoms with Gasteiger partial charge in [-0.1, -0.05) is 22.8 Å². The van der Waals surface area contributed by atoms with E-state index in [4.69, 9.17) is 21.4 Å². The molecule has 1 aromatic carbocycles. The van der Waals surface area contributed by atoms with E-state index < -0.39 is 5.82 Å². The standard InChI is InChI=1S/C14H7ClFN3OS/c15-11-6-10(16)2-1-8(11)5-12-18-14(20-19-12)13-9(7-17)3-4-21-13/h1-4,6H,5H2. The Balaban J connectivity index is 1.87. The van der Waals surface area contributed by atoms with E-state index in [0.29, 0.717) is 39.2 Å². The first-order chi connectivity index (χ1) is 10.2. The van der Waals surface area contributed by atoms with E-state index in [1.54, 1.807) is 17.5 Å². The molecule has 7 heteroatoms. The second-order valence-corrected chi connectivity index (χ2v) is 5.53. The van der Waals surface area contributed by atoms with Crippen LogP contribution < -0.4 is 0 Å². The van der Waals surface area contributed by atoms with Crippen LogP contribution in [0.4, 0.5) is 4.39 Å². The van der Waals surface area contributed by atoms with Gasteiger partial charge in [0.1, 0.15) is 16.8 Å². The van der Waals surface area contributed by atoms with Crippen LogP contribution in [0.2, 0.25) is 5.02 Å². The lowest BCUT2D eigenvalue weighted by Gasteiger charge is -2.00. The summed E-state index contributed by atoms with van der Waals surface area (Å²) < 4.78 is 18.2. The minimum Gasteiger partial charge on any atom is -0.333 e. The van der Waals surface area contributed by atoms with Crippen LogP contribution >= 0.6 is 22.9 Å². The summed E-state index contributed by atoms with van der Waals surface area (Å²) in [4.78, 5) is 4.89. The Bertz CT molecular complexity index is 837. The molecule has 0 aliphatic carbocycles. The van der Waals surface area contributed by atoms with Crippen molar-refractivity contribution in [2.24, 2.45) is 0 Å². The summed E-state index contributed by atoms with van der Waals surface area (Å²) in [5.41, 5.74) is 1.20. The van der Waals surface area contributed by atoms with Crippen molar-refractivity contribution in [2.75, 3.05) is 0 Å². The van der Waals surface area contributed by atoms with Crippen LogP contribution in [0.3, 0.4) is 0 Å². The molecule has 3 rings (SSSR count). The molecule has 0 aliphatic heterocycles. The van der Waals surface area contributed by atoms with E-state index in [1.807, 2.05) is 0 Å². The number of hydrogen-bond donors (Lipinski definition) is 0. The summed E-state index contributed by atoms with van der Waals surface area (Å²) in [6.45, 7) is 0. The maximum absolute atomic E-state index is 13.0. The Morgan fingerprint density at radius 2 is 2.24 bits per heavy atom. The summed E-state index contributed by atoms with van der Waals surface area (Å²) in [5, 5.41) is 15.0. The first-order valence-corrected chi connectivity index (χ1v) is 7.17. The van der Waals surface area contributed by atoms with Crippen LogP contribution in [-0.4, -0.2) is 10.1 Å². The van der Waals surface area contributed by atoms with Gasteiger partial charge in [0.15, 0.2) is 5.82 Å². The van der Waals surface area contributed by atoms with Gasteiger partial charge in [0.2, 0.25) is 0 Å². The lowest BCUT2D eigenvalue weighted by Crippen LogP contribution is -1.92. The molecule has 4 nitrogen and oxygen atoms in total. The topological polar surface area (TPSA) is 62.7 Å². The molecule has 0 fully saturated rings. The van der Waals surface area contributed by atoms with Crippen molar-refractivity contribution in [1.29, 1.82) is 5.26 Å². The molecule has 0 bridgehead atoms. The van der Waals surface area contributed by atoms with Crippen molar-refractivity contribution in [3.63, 3.8) is 0 Å². The van der Waals surface area contributed by atoms with Gasteiger partial charge in [-0.05, 0) is 29.1 Å². The maximum atomic E-state index is 13.0. The maximum Gasteiger partial charge on any atom is 0.269 e. The molecule has 2 aromatic heterocycles. The summed E-state index contributed by atoms with van der Waals surface area (Å²) in [6.07, 6.45) is 0.329. The molecular formula is C14H7ClFN3OS. The first kappa shape index (κ1) is 13.7. The van der Waals surface area contributed by atoms with Gasteiger partial charge < -0.3 is 4.52 Å². The van der Waals surface area contributed by atoms with Gasteiger partial charge in [-0.3, -0.25) is 0 Å². The van der Waals surface area contributed by atoms with Crippen molar-refractivity contribution in [1.82, 2.24) is 10.1 Å². The Morgan fingerprint density at radius 3 is 3.00 bits per heavy atom. The number of halogens is 2. The molecule has 0 amide bonds. The summed E-state index contributed by atoms with van der Waals surface area (Å²) >= 11 is 7.32. The number of nitrogens with zero attached hydrogens (tertiary/aromatic N) is 3. The number of thiophene rings is 1. The summed E-state index contributed by atoms with van der Waals surface area (Å²) in [5.74, 6) is 0.334. The fourth-order valence-corrected chi connectivity index (χ4v) is 2.81. The van der Waals surface area contributed by atoms with E-state index >= 15 is 0 Å². The molecule has 3 aromatic rings. The average Bonchev–Trinajstić information content (AvgIpc) is 3.10. The lowest BCUT2D eigenvalue weighted by atomic mass is 10.1. The average molecular weight is 320 g/mol. The van der Waals surface area contributed by atoms with Crippen molar-refractivity contribution in [3.05, 3.63) is 57.4 Å². The fourth-order valence-electron chi connectivity index (χ4n) is 1.82. The van der Waals surface area contributed by atoms with E-state index in [1.165, 1.54) is 23.5 Å². The smallest absolute Gasteiger partial charge is 0.269 e.